The second-order valence-corrected chi connectivity index (χ2v) is 8.90. The SMILES string of the molecule is CCN1CCN(c2nc(CCCNc3ccnc4cc(Cl)ccc34)c3ccccc3n2)CC1. The highest BCUT2D eigenvalue weighted by Crippen LogP contribution is 2.25. The van der Waals surface area contributed by atoms with Crippen molar-refractivity contribution in [2.75, 3.05) is 49.5 Å². The van der Waals surface area contributed by atoms with Gasteiger partial charge in [0.1, 0.15) is 0 Å². The monoisotopic (exact) mass is 460 g/mol. The maximum atomic E-state index is 6.12. The van der Waals surface area contributed by atoms with E-state index < -0.39 is 0 Å². The fourth-order valence-corrected chi connectivity index (χ4v) is 4.65. The van der Waals surface area contributed by atoms with Gasteiger partial charge in [-0.1, -0.05) is 36.7 Å². The first-order chi connectivity index (χ1) is 16.2. The molecule has 2 aromatic carbocycles. The Morgan fingerprint density at radius 2 is 1.79 bits per heavy atom. The number of hydrogen-bond acceptors (Lipinski definition) is 6. The molecule has 6 nitrogen and oxygen atoms in total. The summed E-state index contributed by atoms with van der Waals surface area (Å²) in [6.07, 6.45) is 3.69. The van der Waals surface area contributed by atoms with Crippen LogP contribution in [0.3, 0.4) is 0 Å². The molecule has 0 amide bonds. The van der Waals surface area contributed by atoms with Crippen LogP contribution >= 0.6 is 11.6 Å². The number of para-hydroxylation sites is 1. The van der Waals surface area contributed by atoms with Gasteiger partial charge < -0.3 is 15.1 Å². The Kier molecular flexibility index (Phi) is 6.55. The molecule has 5 rings (SSSR count). The van der Waals surface area contributed by atoms with E-state index in [4.69, 9.17) is 21.6 Å². The van der Waals surface area contributed by atoms with E-state index in [9.17, 15) is 0 Å². The van der Waals surface area contributed by atoms with Crippen molar-refractivity contribution in [1.82, 2.24) is 19.9 Å². The fraction of sp³-hybridized carbons (Fsp3) is 0.346. The van der Waals surface area contributed by atoms with Crippen molar-refractivity contribution >= 4 is 45.0 Å². The quantitative estimate of drug-likeness (QED) is 0.391. The Balaban J connectivity index is 1.30. The van der Waals surface area contributed by atoms with Gasteiger partial charge in [0.25, 0.3) is 0 Å². The van der Waals surface area contributed by atoms with E-state index in [0.29, 0.717) is 5.02 Å². The Labute approximate surface area is 199 Å². The lowest BCUT2D eigenvalue weighted by atomic mass is 10.1. The average Bonchev–Trinajstić information content (AvgIpc) is 2.86. The summed E-state index contributed by atoms with van der Waals surface area (Å²) in [5.74, 6) is 0.865. The van der Waals surface area contributed by atoms with E-state index in [-0.39, 0.29) is 0 Å². The van der Waals surface area contributed by atoms with Crippen molar-refractivity contribution < 1.29 is 0 Å². The number of nitrogens with zero attached hydrogens (tertiary/aromatic N) is 5. The predicted octanol–water partition coefficient (Wildman–Crippen LogP) is 5.02. The predicted molar refractivity (Wildman–Crippen MR) is 137 cm³/mol. The average molecular weight is 461 g/mol. The number of likely N-dealkylation sites (N-methyl/N-ethyl adjacent to an activating group) is 1. The summed E-state index contributed by atoms with van der Waals surface area (Å²) < 4.78 is 0. The summed E-state index contributed by atoms with van der Waals surface area (Å²) in [4.78, 5) is 19.1. The first-order valence-electron chi connectivity index (χ1n) is 11.7. The Morgan fingerprint density at radius 1 is 0.939 bits per heavy atom. The number of anilines is 2. The van der Waals surface area contributed by atoms with Crippen LogP contribution in [-0.4, -0.2) is 59.1 Å². The lowest BCUT2D eigenvalue weighted by molar-refractivity contribution is 0.270. The van der Waals surface area contributed by atoms with Gasteiger partial charge in [0.15, 0.2) is 0 Å². The van der Waals surface area contributed by atoms with Gasteiger partial charge in [-0.2, -0.15) is 0 Å². The van der Waals surface area contributed by atoms with Gasteiger partial charge in [-0.15, -0.1) is 0 Å². The third-order valence-electron chi connectivity index (χ3n) is 6.38. The maximum absolute atomic E-state index is 6.12. The maximum Gasteiger partial charge on any atom is 0.226 e. The second-order valence-electron chi connectivity index (χ2n) is 8.46. The summed E-state index contributed by atoms with van der Waals surface area (Å²) in [7, 11) is 0. The molecule has 0 saturated carbocycles. The van der Waals surface area contributed by atoms with Crippen LogP contribution in [0.15, 0.2) is 54.7 Å². The molecule has 3 heterocycles. The molecule has 1 N–H and O–H groups in total. The largest absolute Gasteiger partial charge is 0.384 e. The van der Waals surface area contributed by atoms with E-state index in [1.54, 1.807) is 0 Å². The van der Waals surface area contributed by atoms with E-state index in [2.05, 4.69) is 51.3 Å². The summed E-state index contributed by atoms with van der Waals surface area (Å²) in [5, 5.41) is 6.51. The molecule has 0 bridgehead atoms. The molecule has 7 heteroatoms. The zero-order valence-corrected chi connectivity index (χ0v) is 19.7. The van der Waals surface area contributed by atoms with Gasteiger partial charge in [0.2, 0.25) is 5.95 Å². The third kappa shape index (κ3) is 4.87. The van der Waals surface area contributed by atoms with Crippen LogP contribution < -0.4 is 10.2 Å². The molecule has 33 heavy (non-hydrogen) atoms. The smallest absolute Gasteiger partial charge is 0.226 e. The van der Waals surface area contributed by atoms with E-state index in [0.717, 1.165) is 91.2 Å². The molecule has 0 spiro atoms. The Hall–Kier alpha value is -2.96. The molecule has 0 aliphatic carbocycles. The van der Waals surface area contributed by atoms with Crippen LogP contribution in [0.25, 0.3) is 21.8 Å². The van der Waals surface area contributed by atoms with Crippen LogP contribution in [-0.2, 0) is 6.42 Å². The normalized spacial score (nSPS) is 14.8. The molecule has 170 valence electrons. The van der Waals surface area contributed by atoms with Gasteiger partial charge in [0.05, 0.1) is 16.7 Å². The number of halogens is 1. The standard InChI is InChI=1S/C26H29ClN6/c1-2-32-14-16-33(17-15-32)26-30-23-7-4-3-6-20(23)24(31-26)8-5-12-28-22-11-13-29-25-18-19(27)9-10-21(22)25/h3-4,6-7,9-11,13,18H,2,5,8,12,14-17H2,1H3,(H,28,29). The first kappa shape index (κ1) is 21.9. The number of pyridine rings is 1. The molecule has 4 aromatic rings. The number of aryl methyl sites for hydroxylation is 1. The van der Waals surface area contributed by atoms with Gasteiger partial charge >= 0.3 is 0 Å². The highest BCUT2D eigenvalue weighted by molar-refractivity contribution is 6.31. The van der Waals surface area contributed by atoms with E-state index in [1.807, 2.05) is 30.5 Å². The number of piperazine rings is 1. The summed E-state index contributed by atoms with van der Waals surface area (Å²) in [6.45, 7) is 8.26. The molecule has 0 unspecified atom stereocenters. The molecule has 0 radical (unpaired) electrons. The lowest BCUT2D eigenvalue weighted by Crippen LogP contribution is -2.46. The zero-order valence-electron chi connectivity index (χ0n) is 19.0. The molecule has 1 saturated heterocycles. The van der Waals surface area contributed by atoms with Gasteiger partial charge in [-0.25, -0.2) is 9.97 Å². The minimum atomic E-state index is 0.703. The van der Waals surface area contributed by atoms with Crippen LogP contribution in [0.2, 0.25) is 5.02 Å². The van der Waals surface area contributed by atoms with Crippen molar-refractivity contribution in [2.45, 2.75) is 19.8 Å². The van der Waals surface area contributed by atoms with Crippen molar-refractivity contribution in [1.29, 1.82) is 0 Å². The number of hydrogen-bond donors (Lipinski definition) is 1. The minimum absolute atomic E-state index is 0.703. The van der Waals surface area contributed by atoms with Crippen LogP contribution in [0, 0.1) is 0 Å². The van der Waals surface area contributed by atoms with Crippen molar-refractivity contribution in [2.24, 2.45) is 0 Å². The first-order valence-corrected chi connectivity index (χ1v) is 12.1. The Bertz CT molecular complexity index is 1250. The van der Waals surface area contributed by atoms with Crippen LogP contribution in [0.1, 0.15) is 19.0 Å². The van der Waals surface area contributed by atoms with Crippen molar-refractivity contribution in [3.63, 3.8) is 0 Å². The number of aromatic nitrogens is 3. The van der Waals surface area contributed by atoms with Gasteiger partial charge in [-0.05, 0) is 49.7 Å². The highest BCUT2D eigenvalue weighted by atomic mass is 35.5. The van der Waals surface area contributed by atoms with E-state index in [1.165, 1.54) is 0 Å². The minimum Gasteiger partial charge on any atom is -0.384 e. The molecule has 0 atom stereocenters. The molecule has 2 aromatic heterocycles. The summed E-state index contributed by atoms with van der Waals surface area (Å²) in [6, 6.07) is 16.2. The number of benzene rings is 2. The molecule has 1 fully saturated rings. The molecular formula is C26H29ClN6. The van der Waals surface area contributed by atoms with Gasteiger partial charge in [-0.3, -0.25) is 4.98 Å². The topological polar surface area (TPSA) is 57.2 Å². The van der Waals surface area contributed by atoms with Crippen LogP contribution in [0.5, 0.6) is 0 Å². The van der Waals surface area contributed by atoms with Crippen molar-refractivity contribution in [3.8, 4) is 0 Å². The fourth-order valence-electron chi connectivity index (χ4n) is 4.48. The van der Waals surface area contributed by atoms with Gasteiger partial charge in [0, 0.05) is 60.4 Å². The Morgan fingerprint density at radius 3 is 2.64 bits per heavy atom. The summed E-state index contributed by atoms with van der Waals surface area (Å²) in [5.41, 5.74) is 4.14. The summed E-state index contributed by atoms with van der Waals surface area (Å²) >= 11 is 6.12. The molecular weight excluding hydrogens is 432 g/mol. The van der Waals surface area contributed by atoms with Crippen molar-refractivity contribution in [3.05, 3.63) is 65.4 Å². The number of nitrogens with one attached hydrogen (secondary N) is 1. The molecule has 1 aliphatic heterocycles. The lowest BCUT2D eigenvalue weighted by Gasteiger charge is -2.34. The number of fused-ring (bicyclic) bond motifs is 2. The van der Waals surface area contributed by atoms with Crippen LogP contribution in [0.4, 0.5) is 11.6 Å². The highest BCUT2D eigenvalue weighted by Gasteiger charge is 2.19. The molecule has 1 aliphatic rings. The van der Waals surface area contributed by atoms with E-state index >= 15 is 0 Å². The zero-order chi connectivity index (χ0) is 22.6. The third-order valence-corrected chi connectivity index (χ3v) is 6.62. The number of rotatable bonds is 7. The second kappa shape index (κ2) is 9.89.